The summed E-state index contributed by atoms with van der Waals surface area (Å²) in [5.41, 5.74) is -1.01. The van der Waals surface area contributed by atoms with Crippen LogP contribution >= 0.6 is 38.5 Å². The molecule has 0 radical (unpaired) electrons. The van der Waals surface area contributed by atoms with E-state index in [2.05, 4.69) is 55.1 Å². The van der Waals surface area contributed by atoms with Gasteiger partial charge in [0.25, 0.3) is 0 Å². The molecule has 30 heavy (non-hydrogen) atoms. The Morgan fingerprint density at radius 3 is 2.60 bits per heavy atom. The lowest BCUT2D eigenvalue weighted by molar-refractivity contribution is -0.174. The van der Waals surface area contributed by atoms with Gasteiger partial charge in [0.15, 0.2) is 0 Å². The molecule has 0 aromatic heterocycles. The molecule has 1 aliphatic heterocycles. The largest absolute Gasteiger partial charge is 0.462 e. The van der Waals surface area contributed by atoms with Gasteiger partial charge in [-0.05, 0) is 44.0 Å². The summed E-state index contributed by atoms with van der Waals surface area (Å²) >= 11 is 5.42. The number of hydrogen-bond donors (Lipinski definition) is 0. The molecule has 10 heteroatoms. The lowest BCUT2D eigenvalue weighted by Crippen LogP contribution is -2.37. The maximum Gasteiger partial charge on any atom is 0.376 e. The van der Waals surface area contributed by atoms with Crippen LogP contribution < -0.4 is 0 Å². The van der Waals surface area contributed by atoms with Crippen LogP contribution in [-0.2, 0) is 19.6 Å². The fourth-order valence-electron chi connectivity index (χ4n) is 3.32. The molecule has 2 unspecified atom stereocenters. The zero-order valence-electron chi connectivity index (χ0n) is 16.6. The van der Waals surface area contributed by atoms with E-state index in [1.54, 1.807) is 19.1 Å². The number of ether oxygens (including phenoxy) is 1. The summed E-state index contributed by atoms with van der Waals surface area (Å²) in [6, 6.07) is 6.13. The van der Waals surface area contributed by atoms with Crippen molar-refractivity contribution in [1.29, 1.82) is 0 Å². The Morgan fingerprint density at radius 2 is 2.03 bits per heavy atom. The first-order valence-electron chi connectivity index (χ1n) is 9.33. The molecule has 0 amide bonds. The highest BCUT2D eigenvalue weighted by atomic mass is 127. The molecule has 2 atom stereocenters. The minimum atomic E-state index is -3.89. The second-order valence-electron chi connectivity index (χ2n) is 7.24. The van der Waals surface area contributed by atoms with E-state index in [1.807, 2.05) is 0 Å². The van der Waals surface area contributed by atoms with Crippen LogP contribution in [0.15, 0.2) is 33.6 Å². The third kappa shape index (κ3) is 5.93. The van der Waals surface area contributed by atoms with Crippen molar-refractivity contribution in [3.63, 3.8) is 0 Å². The first kappa shape index (κ1) is 25.5. The topological polar surface area (TPSA) is 63.7 Å². The van der Waals surface area contributed by atoms with Crippen LogP contribution in [0.4, 0.5) is 8.78 Å². The summed E-state index contributed by atoms with van der Waals surface area (Å²) in [6.07, 6.45) is -0.260. The highest BCUT2D eigenvalue weighted by molar-refractivity contribution is 14.1. The second-order valence-corrected chi connectivity index (χ2v) is 11.2. The van der Waals surface area contributed by atoms with Crippen LogP contribution in [0.3, 0.4) is 0 Å². The molecule has 1 heterocycles. The molecular formula is C20H23BrF2INO4S. The van der Waals surface area contributed by atoms with Crippen molar-refractivity contribution in [2.45, 2.75) is 37.5 Å². The van der Waals surface area contributed by atoms with Crippen molar-refractivity contribution in [2.24, 2.45) is 11.3 Å². The normalized spacial score (nSPS) is 22.4. The van der Waals surface area contributed by atoms with E-state index in [-0.39, 0.29) is 24.6 Å². The Kier molecular flexibility index (Phi) is 8.69. The maximum absolute atomic E-state index is 14.5. The zero-order chi connectivity index (χ0) is 22.6. The van der Waals surface area contributed by atoms with Gasteiger partial charge < -0.3 is 4.74 Å². The van der Waals surface area contributed by atoms with E-state index < -0.39 is 39.7 Å². The van der Waals surface area contributed by atoms with Crippen LogP contribution in [0.25, 0.3) is 0 Å². The SMILES string of the molecule is CCOC(=O)C(F)(F)CC1CN(S(=O)(=O)c2ccc(Br)cc2)CC1(C)C#CCCI. The number of alkyl halides is 3. The van der Waals surface area contributed by atoms with E-state index in [0.29, 0.717) is 6.42 Å². The second kappa shape index (κ2) is 10.2. The first-order chi connectivity index (χ1) is 14.0. The standard InChI is InChI=1S/C20H23BrF2INO4S/c1-3-29-18(26)20(22,23)12-15-13-25(14-19(15,2)10-4-5-11-24)30(27,28)17-8-6-16(21)7-9-17/h6-9,15H,3,5,11-14H2,1-2H3. The molecular weight excluding hydrogens is 595 g/mol. The molecule has 166 valence electrons. The molecule has 0 aliphatic carbocycles. The van der Waals surface area contributed by atoms with E-state index in [1.165, 1.54) is 23.4 Å². The van der Waals surface area contributed by atoms with Gasteiger partial charge >= 0.3 is 11.9 Å². The highest BCUT2D eigenvalue weighted by Gasteiger charge is 2.53. The fourth-order valence-corrected chi connectivity index (χ4v) is 5.45. The van der Waals surface area contributed by atoms with Gasteiger partial charge in [-0.2, -0.15) is 13.1 Å². The molecule has 0 N–H and O–H groups in total. The number of carbonyl (C=O) groups excluding carboxylic acids is 1. The minimum Gasteiger partial charge on any atom is -0.462 e. The van der Waals surface area contributed by atoms with E-state index in [0.717, 1.165) is 8.90 Å². The summed E-state index contributed by atoms with van der Waals surface area (Å²) in [5.74, 6) is -0.171. The Morgan fingerprint density at radius 1 is 1.40 bits per heavy atom. The smallest absolute Gasteiger partial charge is 0.376 e. The Bertz CT molecular complexity index is 930. The van der Waals surface area contributed by atoms with Crippen molar-refractivity contribution in [2.75, 3.05) is 24.1 Å². The predicted molar refractivity (Wildman–Crippen MR) is 122 cm³/mol. The number of esters is 1. The van der Waals surface area contributed by atoms with E-state index in [4.69, 9.17) is 0 Å². The van der Waals surface area contributed by atoms with Crippen LogP contribution in [-0.4, -0.2) is 48.7 Å². The molecule has 2 rings (SSSR count). The summed E-state index contributed by atoms with van der Waals surface area (Å²) in [5, 5.41) is 0. The fraction of sp³-hybridized carbons (Fsp3) is 0.550. The average Bonchev–Trinajstić information content (AvgIpc) is 2.99. The molecule has 1 saturated heterocycles. The van der Waals surface area contributed by atoms with Gasteiger partial charge in [-0.15, -0.1) is 5.92 Å². The first-order valence-corrected chi connectivity index (χ1v) is 13.1. The summed E-state index contributed by atoms with van der Waals surface area (Å²) in [4.78, 5) is 11.8. The van der Waals surface area contributed by atoms with Gasteiger partial charge in [0, 0.05) is 40.2 Å². The molecule has 1 fully saturated rings. The molecule has 0 bridgehead atoms. The van der Waals surface area contributed by atoms with Gasteiger partial charge in [-0.3, -0.25) is 0 Å². The van der Waals surface area contributed by atoms with Crippen LogP contribution in [0.2, 0.25) is 0 Å². The van der Waals surface area contributed by atoms with Gasteiger partial charge in [0.05, 0.1) is 11.5 Å². The Balaban J connectivity index is 2.36. The third-order valence-corrected chi connectivity index (χ3v) is 7.85. The van der Waals surface area contributed by atoms with E-state index in [9.17, 15) is 22.0 Å². The predicted octanol–water partition coefficient (Wildman–Crippen LogP) is 4.49. The molecule has 0 spiro atoms. The average molecular weight is 618 g/mol. The molecule has 5 nitrogen and oxygen atoms in total. The van der Waals surface area contributed by atoms with Crippen LogP contribution in [0.5, 0.6) is 0 Å². The Labute approximate surface area is 198 Å². The molecule has 1 aromatic carbocycles. The molecule has 1 aliphatic rings. The number of nitrogens with zero attached hydrogens (tertiary/aromatic N) is 1. The van der Waals surface area contributed by atoms with Crippen molar-refractivity contribution in [3.8, 4) is 11.8 Å². The third-order valence-electron chi connectivity index (χ3n) is 4.95. The lowest BCUT2D eigenvalue weighted by atomic mass is 9.77. The van der Waals surface area contributed by atoms with Crippen molar-refractivity contribution < 1.29 is 26.7 Å². The molecule has 0 saturated carbocycles. The highest BCUT2D eigenvalue weighted by Crippen LogP contribution is 2.43. The number of hydrogen-bond acceptors (Lipinski definition) is 4. The monoisotopic (exact) mass is 617 g/mol. The number of sulfonamides is 1. The van der Waals surface area contributed by atoms with Gasteiger partial charge in [-0.1, -0.05) is 44.4 Å². The number of halogens is 4. The van der Waals surface area contributed by atoms with Gasteiger partial charge in [-0.25, -0.2) is 13.2 Å². The summed E-state index contributed by atoms with van der Waals surface area (Å²) in [6.45, 7) is 2.80. The van der Waals surface area contributed by atoms with Crippen LogP contribution in [0.1, 0.15) is 26.7 Å². The van der Waals surface area contributed by atoms with Gasteiger partial charge in [0.1, 0.15) is 0 Å². The molecule has 1 aromatic rings. The quantitative estimate of drug-likeness (QED) is 0.196. The summed E-state index contributed by atoms with van der Waals surface area (Å²) < 4.78 is 62.3. The Hall–Kier alpha value is -0.770. The van der Waals surface area contributed by atoms with Crippen molar-refractivity contribution in [3.05, 3.63) is 28.7 Å². The maximum atomic E-state index is 14.5. The van der Waals surface area contributed by atoms with E-state index >= 15 is 0 Å². The number of carbonyl (C=O) groups is 1. The van der Waals surface area contributed by atoms with Gasteiger partial charge in [0.2, 0.25) is 10.0 Å². The lowest BCUT2D eigenvalue weighted by Gasteiger charge is -2.27. The summed E-state index contributed by atoms with van der Waals surface area (Å²) in [7, 11) is -3.89. The van der Waals surface area contributed by atoms with Crippen LogP contribution in [0, 0.1) is 23.2 Å². The number of benzene rings is 1. The number of rotatable bonds is 7. The van der Waals surface area contributed by atoms with Crippen molar-refractivity contribution >= 4 is 54.5 Å². The van der Waals surface area contributed by atoms with Crippen molar-refractivity contribution in [1.82, 2.24) is 4.31 Å². The minimum absolute atomic E-state index is 0.0246. The zero-order valence-corrected chi connectivity index (χ0v) is 21.2.